The molecule has 0 aromatic carbocycles. The number of hydrogen-bond acceptors (Lipinski definition) is 3. The summed E-state index contributed by atoms with van der Waals surface area (Å²) in [6.45, 7) is 0. The number of hydrazone groups is 1. The van der Waals surface area contributed by atoms with E-state index < -0.39 is 0 Å². The van der Waals surface area contributed by atoms with Gasteiger partial charge in [0.25, 0.3) is 0 Å². The van der Waals surface area contributed by atoms with Crippen LogP contribution in [0.2, 0.25) is 0 Å². The van der Waals surface area contributed by atoms with Gasteiger partial charge in [-0.25, -0.2) is 5.43 Å². The quantitative estimate of drug-likeness (QED) is 0.653. The number of hydrogen-bond donors (Lipinski definition) is 1. The van der Waals surface area contributed by atoms with Crippen molar-refractivity contribution in [3.05, 3.63) is 30.1 Å². The van der Waals surface area contributed by atoms with Crippen LogP contribution in [0.15, 0.2) is 29.6 Å². The molecule has 0 unspecified atom stereocenters. The second-order valence-corrected chi connectivity index (χ2v) is 5.12. The lowest BCUT2D eigenvalue weighted by Crippen LogP contribution is -2.19. The van der Waals surface area contributed by atoms with Crippen molar-refractivity contribution in [3.63, 3.8) is 0 Å². The van der Waals surface area contributed by atoms with E-state index in [4.69, 9.17) is 0 Å². The molecule has 4 heteroatoms. The predicted octanol–water partition coefficient (Wildman–Crippen LogP) is 2.89. The topological polar surface area (TPSA) is 54.4 Å². The van der Waals surface area contributed by atoms with Crippen LogP contribution < -0.4 is 5.43 Å². The Morgan fingerprint density at radius 2 is 2.05 bits per heavy atom. The van der Waals surface area contributed by atoms with Crippen molar-refractivity contribution in [3.8, 4) is 0 Å². The lowest BCUT2D eigenvalue weighted by molar-refractivity contribution is -0.121. The van der Waals surface area contributed by atoms with Crippen molar-refractivity contribution in [2.75, 3.05) is 0 Å². The molecular formula is C15H21N3O. The van der Waals surface area contributed by atoms with Gasteiger partial charge in [0, 0.05) is 18.8 Å². The van der Waals surface area contributed by atoms with Crippen molar-refractivity contribution < 1.29 is 4.79 Å². The molecule has 1 heterocycles. The van der Waals surface area contributed by atoms with Gasteiger partial charge in [0.2, 0.25) is 5.91 Å². The van der Waals surface area contributed by atoms with Gasteiger partial charge in [0.05, 0.1) is 6.21 Å². The summed E-state index contributed by atoms with van der Waals surface area (Å²) in [6.07, 6.45) is 13.2. The molecule has 0 aliphatic heterocycles. The fraction of sp³-hybridized carbons (Fsp3) is 0.533. The molecule has 2 rings (SSSR count). The molecule has 4 nitrogen and oxygen atoms in total. The third kappa shape index (κ3) is 5.20. The van der Waals surface area contributed by atoms with Gasteiger partial charge < -0.3 is 0 Å². The minimum atomic E-state index is 0.0101. The summed E-state index contributed by atoms with van der Waals surface area (Å²) in [5.41, 5.74) is 3.51. The minimum Gasteiger partial charge on any atom is -0.273 e. The van der Waals surface area contributed by atoms with E-state index in [1.165, 1.54) is 32.1 Å². The highest BCUT2D eigenvalue weighted by Gasteiger charge is 2.14. The highest BCUT2D eigenvalue weighted by atomic mass is 16.2. The van der Waals surface area contributed by atoms with E-state index in [0.29, 0.717) is 6.42 Å². The lowest BCUT2D eigenvalue weighted by Gasteiger charge is -2.20. The summed E-state index contributed by atoms with van der Waals surface area (Å²) in [7, 11) is 0. The summed E-state index contributed by atoms with van der Waals surface area (Å²) >= 11 is 0. The molecule has 0 saturated heterocycles. The molecule has 1 amide bonds. The zero-order chi connectivity index (χ0) is 13.3. The SMILES string of the molecule is O=C(CCC1CCCCC1)NN=Cc1ccncc1. The van der Waals surface area contributed by atoms with Crippen molar-refractivity contribution in [2.45, 2.75) is 44.9 Å². The van der Waals surface area contributed by atoms with Crippen LogP contribution in [0.3, 0.4) is 0 Å². The molecule has 102 valence electrons. The van der Waals surface area contributed by atoms with Gasteiger partial charge in [-0.05, 0) is 30.0 Å². The largest absolute Gasteiger partial charge is 0.273 e. The van der Waals surface area contributed by atoms with Crippen LogP contribution in [0.1, 0.15) is 50.5 Å². The average Bonchev–Trinajstić information content (AvgIpc) is 2.47. The Labute approximate surface area is 114 Å². The van der Waals surface area contributed by atoms with Crippen LogP contribution in [0.5, 0.6) is 0 Å². The van der Waals surface area contributed by atoms with Crippen molar-refractivity contribution in [1.82, 2.24) is 10.4 Å². The first kappa shape index (κ1) is 13.7. The van der Waals surface area contributed by atoms with Crippen LogP contribution in [0.4, 0.5) is 0 Å². The summed E-state index contributed by atoms with van der Waals surface area (Å²) in [6, 6.07) is 3.69. The number of nitrogens with zero attached hydrogens (tertiary/aromatic N) is 2. The van der Waals surface area contributed by atoms with E-state index in [1.807, 2.05) is 12.1 Å². The highest BCUT2D eigenvalue weighted by Crippen LogP contribution is 2.27. The molecule has 1 aromatic heterocycles. The average molecular weight is 259 g/mol. The number of rotatable bonds is 5. The van der Waals surface area contributed by atoms with E-state index in [0.717, 1.165) is 17.9 Å². The Hall–Kier alpha value is -1.71. The molecule has 0 radical (unpaired) electrons. The van der Waals surface area contributed by atoms with Crippen LogP contribution >= 0.6 is 0 Å². The molecule has 0 bridgehead atoms. The van der Waals surface area contributed by atoms with E-state index in [-0.39, 0.29) is 5.91 Å². The third-order valence-electron chi connectivity index (χ3n) is 3.61. The third-order valence-corrected chi connectivity index (χ3v) is 3.61. The summed E-state index contributed by atoms with van der Waals surface area (Å²) in [5.74, 6) is 0.750. The van der Waals surface area contributed by atoms with Gasteiger partial charge >= 0.3 is 0 Å². The fourth-order valence-electron chi connectivity index (χ4n) is 2.50. The standard InChI is InChI=1S/C15H21N3O/c19-15(7-6-13-4-2-1-3-5-13)18-17-12-14-8-10-16-11-9-14/h8-13H,1-7H2,(H,18,19). The van der Waals surface area contributed by atoms with Gasteiger partial charge in [-0.3, -0.25) is 9.78 Å². The Balaban J connectivity index is 1.65. The van der Waals surface area contributed by atoms with Gasteiger partial charge in [0.15, 0.2) is 0 Å². The predicted molar refractivity (Wildman–Crippen MR) is 75.8 cm³/mol. The molecule has 1 N–H and O–H groups in total. The molecule has 1 saturated carbocycles. The van der Waals surface area contributed by atoms with Gasteiger partial charge in [-0.2, -0.15) is 5.10 Å². The van der Waals surface area contributed by atoms with Crippen molar-refractivity contribution in [1.29, 1.82) is 0 Å². The lowest BCUT2D eigenvalue weighted by atomic mass is 9.86. The zero-order valence-electron chi connectivity index (χ0n) is 11.2. The first-order valence-electron chi connectivity index (χ1n) is 7.06. The Bertz CT molecular complexity index is 411. The fourth-order valence-corrected chi connectivity index (χ4v) is 2.50. The normalized spacial score (nSPS) is 16.6. The smallest absolute Gasteiger partial charge is 0.240 e. The molecule has 1 aromatic rings. The summed E-state index contributed by atoms with van der Waals surface area (Å²) < 4.78 is 0. The number of pyridine rings is 1. The summed E-state index contributed by atoms with van der Waals surface area (Å²) in [5, 5.41) is 3.95. The molecule has 0 spiro atoms. The molecule has 1 aliphatic carbocycles. The van der Waals surface area contributed by atoms with Crippen molar-refractivity contribution in [2.24, 2.45) is 11.0 Å². The van der Waals surface area contributed by atoms with E-state index in [1.54, 1.807) is 18.6 Å². The molecule has 19 heavy (non-hydrogen) atoms. The van der Waals surface area contributed by atoms with Gasteiger partial charge in [0.1, 0.15) is 0 Å². The molecule has 1 aliphatic rings. The maximum Gasteiger partial charge on any atom is 0.240 e. The van der Waals surface area contributed by atoms with E-state index in [9.17, 15) is 4.79 Å². The molecule has 1 fully saturated rings. The number of nitrogens with one attached hydrogen (secondary N) is 1. The van der Waals surface area contributed by atoms with E-state index in [2.05, 4.69) is 15.5 Å². The zero-order valence-corrected chi connectivity index (χ0v) is 11.2. The maximum absolute atomic E-state index is 11.6. The van der Waals surface area contributed by atoms with Crippen LogP contribution in [-0.4, -0.2) is 17.1 Å². The first-order chi connectivity index (χ1) is 9.34. The Morgan fingerprint density at radius 1 is 1.32 bits per heavy atom. The second-order valence-electron chi connectivity index (χ2n) is 5.12. The van der Waals surface area contributed by atoms with Crippen LogP contribution in [-0.2, 0) is 4.79 Å². The van der Waals surface area contributed by atoms with Crippen LogP contribution in [0.25, 0.3) is 0 Å². The highest BCUT2D eigenvalue weighted by molar-refractivity contribution is 5.82. The molecule has 0 atom stereocenters. The number of carbonyl (C=O) groups excluding carboxylic acids is 1. The number of aromatic nitrogens is 1. The van der Waals surface area contributed by atoms with Gasteiger partial charge in [-0.15, -0.1) is 0 Å². The number of carbonyl (C=O) groups is 1. The summed E-state index contributed by atoms with van der Waals surface area (Å²) in [4.78, 5) is 15.6. The first-order valence-corrected chi connectivity index (χ1v) is 7.06. The van der Waals surface area contributed by atoms with Gasteiger partial charge in [-0.1, -0.05) is 32.1 Å². The Morgan fingerprint density at radius 3 is 2.79 bits per heavy atom. The van der Waals surface area contributed by atoms with Crippen molar-refractivity contribution >= 4 is 12.1 Å². The van der Waals surface area contributed by atoms with Crippen LogP contribution in [0, 0.1) is 5.92 Å². The second kappa shape index (κ2) is 7.67. The maximum atomic E-state index is 11.6. The molecular weight excluding hydrogens is 238 g/mol. The van der Waals surface area contributed by atoms with E-state index >= 15 is 0 Å². The Kier molecular flexibility index (Phi) is 5.53. The number of amides is 1. The monoisotopic (exact) mass is 259 g/mol. The minimum absolute atomic E-state index is 0.0101.